The van der Waals surface area contributed by atoms with Crippen molar-refractivity contribution in [2.75, 3.05) is 0 Å². The Labute approximate surface area is 173 Å². The zero-order chi connectivity index (χ0) is 19.6. The average Bonchev–Trinajstić information content (AvgIpc) is 2.74. The lowest BCUT2D eigenvalue weighted by atomic mass is 9.82. The first-order valence-electron chi connectivity index (χ1n) is 9.84. The first-order valence-corrected chi connectivity index (χ1v) is 10.7. The van der Waals surface area contributed by atoms with Gasteiger partial charge in [0.2, 0.25) is 0 Å². The maximum absolute atomic E-state index is 2.48. The van der Waals surface area contributed by atoms with Gasteiger partial charge in [-0.25, -0.2) is 0 Å². The minimum absolute atomic E-state index is 0.111. The molecule has 0 bridgehead atoms. The highest BCUT2D eigenvalue weighted by atomic mass is 32.2. The fraction of sp³-hybridized carbons (Fsp3) is 0.185. The van der Waals surface area contributed by atoms with Crippen LogP contribution in [0.25, 0.3) is 10.5 Å². The molecule has 1 heteroatoms. The van der Waals surface area contributed by atoms with E-state index in [1.807, 2.05) is 11.8 Å². The van der Waals surface area contributed by atoms with E-state index in [4.69, 9.17) is 0 Å². The Morgan fingerprint density at radius 1 is 0.643 bits per heavy atom. The van der Waals surface area contributed by atoms with Crippen molar-refractivity contribution >= 4 is 22.2 Å². The number of hydrogen-bond donors (Lipinski definition) is 0. The van der Waals surface area contributed by atoms with Crippen LogP contribution < -0.4 is 0 Å². The molecule has 140 valence electrons. The van der Waals surface area contributed by atoms with Gasteiger partial charge in [-0.05, 0) is 32.6 Å². The van der Waals surface area contributed by atoms with E-state index in [9.17, 15) is 0 Å². The van der Waals surface area contributed by atoms with E-state index in [1.165, 1.54) is 32.1 Å². The zero-order valence-electron chi connectivity index (χ0n) is 16.7. The van der Waals surface area contributed by atoms with Gasteiger partial charge in [0.1, 0.15) is 0 Å². The minimum Gasteiger partial charge on any atom is -0.0933 e. The van der Waals surface area contributed by atoms with Crippen molar-refractivity contribution in [2.24, 2.45) is 5.41 Å². The molecule has 1 aliphatic heterocycles. The molecule has 28 heavy (non-hydrogen) atoms. The molecule has 3 aromatic rings. The largest absolute Gasteiger partial charge is 0.0933 e. The second-order valence-corrected chi connectivity index (χ2v) is 9.30. The van der Waals surface area contributed by atoms with Crippen LogP contribution in [0.15, 0.2) is 102 Å². The molecule has 0 saturated carbocycles. The molecular formula is C27H26S. The standard InChI is InChI=1S/C27H26S/c1-27(2,3)24-19-23(20-13-7-4-8-14-20)25(21-15-9-5-10-16-21)26(28-24)22-17-11-6-12-18-22/h4-19,23H,1-3H3. The van der Waals surface area contributed by atoms with Crippen LogP contribution >= 0.6 is 11.8 Å². The van der Waals surface area contributed by atoms with E-state index in [0.29, 0.717) is 0 Å². The lowest BCUT2D eigenvalue weighted by Crippen LogP contribution is -2.14. The summed E-state index contributed by atoms with van der Waals surface area (Å²) >= 11 is 1.93. The molecule has 0 aliphatic carbocycles. The molecule has 0 spiro atoms. The second-order valence-electron chi connectivity index (χ2n) is 8.25. The van der Waals surface area contributed by atoms with E-state index in [1.54, 1.807) is 0 Å². The smallest absolute Gasteiger partial charge is 0.0297 e. The van der Waals surface area contributed by atoms with E-state index in [-0.39, 0.29) is 11.3 Å². The van der Waals surface area contributed by atoms with Crippen LogP contribution in [0, 0.1) is 5.41 Å². The summed E-state index contributed by atoms with van der Waals surface area (Å²) in [7, 11) is 0. The lowest BCUT2D eigenvalue weighted by molar-refractivity contribution is 0.531. The summed E-state index contributed by atoms with van der Waals surface area (Å²) < 4.78 is 0. The minimum atomic E-state index is 0.111. The van der Waals surface area contributed by atoms with Crippen LogP contribution in [-0.2, 0) is 0 Å². The molecule has 0 N–H and O–H groups in total. The molecule has 4 rings (SSSR count). The molecule has 3 aromatic carbocycles. The van der Waals surface area contributed by atoms with Gasteiger partial charge in [-0.1, -0.05) is 130 Å². The normalized spacial score (nSPS) is 17.4. The maximum atomic E-state index is 2.48. The van der Waals surface area contributed by atoms with Crippen molar-refractivity contribution in [3.63, 3.8) is 0 Å². The SMILES string of the molecule is CC(C)(C)C1=CC(c2ccccc2)C(c2ccccc2)=C(c2ccccc2)S1. The highest BCUT2D eigenvalue weighted by Gasteiger charge is 2.31. The van der Waals surface area contributed by atoms with Gasteiger partial charge in [0.05, 0.1) is 0 Å². The molecule has 0 aromatic heterocycles. The van der Waals surface area contributed by atoms with Crippen molar-refractivity contribution in [3.8, 4) is 0 Å². The topological polar surface area (TPSA) is 0 Å². The third kappa shape index (κ3) is 3.86. The monoisotopic (exact) mass is 382 g/mol. The first-order chi connectivity index (χ1) is 13.5. The van der Waals surface area contributed by atoms with Gasteiger partial charge in [-0.15, -0.1) is 0 Å². The summed E-state index contributed by atoms with van der Waals surface area (Å²) in [5.41, 5.74) is 5.45. The molecular weight excluding hydrogens is 356 g/mol. The Kier molecular flexibility index (Phi) is 5.28. The van der Waals surface area contributed by atoms with Gasteiger partial charge >= 0.3 is 0 Å². The second kappa shape index (κ2) is 7.85. The number of allylic oxidation sites excluding steroid dienone is 3. The maximum Gasteiger partial charge on any atom is 0.0297 e. The lowest BCUT2D eigenvalue weighted by Gasteiger charge is -2.33. The van der Waals surface area contributed by atoms with Gasteiger partial charge in [0.25, 0.3) is 0 Å². The van der Waals surface area contributed by atoms with Crippen molar-refractivity contribution in [1.29, 1.82) is 0 Å². The molecule has 1 aliphatic rings. The Morgan fingerprint density at radius 2 is 1.14 bits per heavy atom. The summed E-state index contributed by atoms with van der Waals surface area (Å²) in [4.78, 5) is 2.80. The molecule has 0 fully saturated rings. The Bertz CT molecular complexity index is 990. The zero-order valence-corrected chi connectivity index (χ0v) is 17.5. The van der Waals surface area contributed by atoms with E-state index in [0.717, 1.165) is 0 Å². The van der Waals surface area contributed by atoms with Crippen LogP contribution in [0.4, 0.5) is 0 Å². The Hall–Kier alpha value is -2.51. The van der Waals surface area contributed by atoms with Crippen molar-refractivity contribution < 1.29 is 0 Å². The summed E-state index contributed by atoms with van der Waals surface area (Å²) in [6.07, 6.45) is 2.48. The fourth-order valence-corrected chi connectivity index (χ4v) is 4.97. The number of thioether (sulfide) groups is 1. The quantitative estimate of drug-likeness (QED) is 0.442. The van der Waals surface area contributed by atoms with Crippen LogP contribution in [0.2, 0.25) is 0 Å². The van der Waals surface area contributed by atoms with Crippen LogP contribution in [0.3, 0.4) is 0 Å². The Morgan fingerprint density at radius 3 is 1.68 bits per heavy atom. The van der Waals surface area contributed by atoms with E-state index < -0.39 is 0 Å². The number of benzene rings is 3. The highest BCUT2D eigenvalue weighted by molar-refractivity contribution is 8.12. The van der Waals surface area contributed by atoms with E-state index in [2.05, 4.69) is 118 Å². The molecule has 0 amide bonds. The third-order valence-corrected chi connectivity index (χ3v) is 6.73. The van der Waals surface area contributed by atoms with Crippen molar-refractivity contribution in [3.05, 3.63) is 119 Å². The van der Waals surface area contributed by atoms with Crippen LogP contribution in [-0.4, -0.2) is 0 Å². The van der Waals surface area contributed by atoms with Crippen LogP contribution in [0.1, 0.15) is 43.4 Å². The number of hydrogen-bond acceptors (Lipinski definition) is 1. The fourth-order valence-electron chi connectivity index (χ4n) is 3.63. The van der Waals surface area contributed by atoms with Crippen molar-refractivity contribution in [1.82, 2.24) is 0 Å². The summed E-state index contributed by atoms with van der Waals surface area (Å²) in [5.74, 6) is 0.245. The highest BCUT2D eigenvalue weighted by Crippen LogP contribution is 2.54. The first kappa shape index (κ1) is 18.8. The summed E-state index contributed by atoms with van der Waals surface area (Å²) in [6, 6.07) is 32.6. The third-order valence-electron chi connectivity index (χ3n) is 5.10. The summed E-state index contributed by atoms with van der Waals surface area (Å²) in [5, 5.41) is 0. The summed E-state index contributed by atoms with van der Waals surface area (Å²) in [6.45, 7) is 6.93. The van der Waals surface area contributed by atoms with Gasteiger partial charge in [-0.3, -0.25) is 0 Å². The molecule has 1 atom stereocenters. The van der Waals surface area contributed by atoms with Crippen LogP contribution in [0.5, 0.6) is 0 Å². The Balaban J connectivity index is 1.98. The predicted octanol–water partition coefficient (Wildman–Crippen LogP) is 8.02. The average molecular weight is 383 g/mol. The molecule has 0 nitrogen and oxygen atoms in total. The van der Waals surface area contributed by atoms with Gasteiger partial charge < -0.3 is 0 Å². The van der Waals surface area contributed by atoms with Gasteiger partial charge in [-0.2, -0.15) is 0 Å². The molecule has 1 unspecified atom stereocenters. The number of rotatable bonds is 3. The van der Waals surface area contributed by atoms with Crippen molar-refractivity contribution in [2.45, 2.75) is 26.7 Å². The molecule has 0 saturated heterocycles. The van der Waals surface area contributed by atoms with E-state index >= 15 is 0 Å². The molecule has 0 radical (unpaired) electrons. The van der Waals surface area contributed by atoms with Gasteiger partial charge in [0.15, 0.2) is 0 Å². The predicted molar refractivity (Wildman–Crippen MR) is 124 cm³/mol. The molecule has 1 heterocycles. The van der Waals surface area contributed by atoms with Gasteiger partial charge in [0, 0.05) is 10.8 Å².